The maximum absolute atomic E-state index is 5.77. The topological polar surface area (TPSA) is 0 Å². The number of hydrogen-bond donors (Lipinski definition) is 0. The maximum Gasteiger partial charge on any atom is 0.0492 e. The summed E-state index contributed by atoms with van der Waals surface area (Å²) in [6.45, 7) is 7.22. The van der Waals surface area contributed by atoms with E-state index in [4.69, 9.17) is 23.2 Å². The van der Waals surface area contributed by atoms with E-state index in [1.807, 2.05) is 42.5 Å². The summed E-state index contributed by atoms with van der Waals surface area (Å²) in [5.74, 6) is 0. The van der Waals surface area contributed by atoms with Crippen molar-refractivity contribution in [2.24, 2.45) is 0 Å². The Morgan fingerprint density at radius 2 is 1.50 bits per heavy atom. The van der Waals surface area contributed by atoms with Crippen molar-refractivity contribution < 1.29 is 0 Å². The summed E-state index contributed by atoms with van der Waals surface area (Å²) in [7, 11) is 0. The van der Waals surface area contributed by atoms with Crippen LogP contribution in [0, 0.1) is 0 Å². The van der Waals surface area contributed by atoms with Crippen molar-refractivity contribution in [1.29, 1.82) is 0 Å². The number of hydrogen-bond acceptors (Lipinski definition) is 0. The summed E-state index contributed by atoms with van der Waals surface area (Å²) in [5, 5.41) is 1.29. The van der Waals surface area contributed by atoms with Gasteiger partial charge < -0.3 is 0 Å². The van der Waals surface area contributed by atoms with E-state index in [9.17, 15) is 0 Å². The predicted octanol–water partition coefficient (Wildman–Crippen LogP) is 5.97. The summed E-state index contributed by atoms with van der Waals surface area (Å²) in [6.07, 6.45) is 3.53. The highest BCUT2D eigenvalue weighted by atomic mass is 35.5. The zero-order chi connectivity index (χ0) is 13.4. The summed E-state index contributed by atoms with van der Waals surface area (Å²) < 4.78 is 0. The van der Waals surface area contributed by atoms with Gasteiger partial charge in [0.05, 0.1) is 0 Å². The predicted molar refractivity (Wildman–Crippen MR) is 83.1 cm³/mol. The van der Waals surface area contributed by atoms with Crippen molar-refractivity contribution >= 4 is 35.4 Å². The van der Waals surface area contributed by atoms with E-state index in [-0.39, 0.29) is 0 Å². The molecular formula is C16H14Cl2. The fourth-order valence-electron chi connectivity index (χ4n) is 1.26. The first kappa shape index (κ1) is 14.6. The standard InChI is InChI=1S/C8H6Cl2.C8H8/c1-2-6-3-4-7(9)5-8(6)10;1-2-8-6-4-3-5-7-8/h2-5H,1H2;2-7H,1H2. The zero-order valence-corrected chi connectivity index (χ0v) is 11.5. The zero-order valence-electron chi connectivity index (χ0n) is 9.94. The second-order valence-electron chi connectivity index (χ2n) is 3.48. The van der Waals surface area contributed by atoms with Gasteiger partial charge in [-0.3, -0.25) is 0 Å². The molecule has 92 valence electrons. The average molecular weight is 277 g/mol. The molecule has 2 aromatic rings. The van der Waals surface area contributed by atoms with Gasteiger partial charge >= 0.3 is 0 Å². The highest BCUT2D eigenvalue weighted by Crippen LogP contribution is 2.21. The third-order valence-electron chi connectivity index (χ3n) is 2.22. The molecule has 2 aromatic carbocycles. The van der Waals surface area contributed by atoms with Crippen LogP contribution in [0.2, 0.25) is 10.0 Å². The maximum atomic E-state index is 5.77. The summed E-state index contributed by atoms with van der Waals surface area (Å²) in [4.78, 5) is 0. The van der Waals surface area contributed by atoms with Crippen LogP contribution >= 0.6 is 23.2 Å². The Kier molecular flexibility index (Phi) is 6.27. The molecule has 0 unspecified atom stereocenters. The Bertz CT molecular complexity index is 516. The Morgan fingerprint density at radius 3 is 1.94 bits per heavy atom. The Labute approximate surface area is 118 Å². The monoisotopic (exact) mass is 276 g/mol. The fourth-order valence-corrected chi connectivity index (χ4v) is 1.74. The van der Waals surface area contributed by atoms with Crippen LogP contribution in [0.3, 0.4) is 0 Å². The van der Waals surface area contributed by atoms with Gasteiger partial charge in [0.1, 0.15) is 0 Å². The third-order valence-corrected chi connectivity index (χ3v) is 2.78. The van der Waals surface area contributed by atoms with Gasteiger partial charge in [-0.15, -0.1) is 0 Å². The molecular weight excluding hydrogens is 263 g/mol. The van der Waals surface area contributed by atoms with E-state index in [1.165, 1.54) is 5.56 Å². The van der Waals surface area contributed by atoms with Crippen LogP contribution in [0.15, 0.2) is 61.7 Å². The second kappa shape index (κ2) is 7.75. The molecule has 0 nitrogen and oxygen atoms in total. The largest absolute Gasteiger partial charge is 0.0985 e. The number of rotatable bonds is 2. The van der Waals surface area contributed by atoms with Crippen LogP contribution in [-0.2, 0) is 0 Å². The van der Waals surface area contributed by atoms with Gasteiger partial charge in [-0.05, 0) is 23.3 Å². The quantitative estimate of drug-likeness (QED) is 0.634. The lowest BCUT2D eigenvalue weighted by molar-refractivity contribution is 1.66. The highest BCUT2D eigenvalue weighted by molar-refractivity contribution is 6.35. The van der Waals surface area contributed by atoms with Crippen LogP contribution in [0.4, 0.5) is 0 Å². The van der Waals surface area contributed by atoms with Crippen molar-refractivity contribution in [2.45, 2.75) is 0 Å². The van der Waals surface area contributed by atoms with Gasteiger partial charge in [0.15, 0.2) is 0 Å². The third kappa shape index (κ3) is 4.79. The molecule has 0 atom stereocenters. The van der Waals surface area contributed by atoms with Crippen LogP contribution in [-0.4, -0.2) is 0 Å². The fraction of sp³-hybridized carbons (Fsp3) is 0. The Hall–Kier alpha value is -1.50. The van der Waals surface area contributed by atoms with E-state index >= 15 is 0 Å². The smallest absolute Gasteiger partial charge is 0.0492 e. The SMILES string of the molecule is C=Cc1ccc(Cl)cc1Cl.C=Cc1ccccc1. The van der Waals surface area contributed by atoms with Crippen molar-refractivity contribution in [1.82, 2.24) is 0 Å². The number of halogens is 2. The highest BCUT2D eigenvalue weighted by Gasteiger charge is 1.94. The minimum absolute atomic E-state index is 0.641. The van der Waals surface area contributed by atoms with E-state index in [1.54, 1.807) is 18.2 Å². The molecule has 0 aromatic heterocycles. The van der Waals surface area contributed by atoms with Crippen molar-refractivity contribution in [3.8, 4) is 0 Å². The molecule has 0 radical (unpaired) electrons. The first-order valence-electron chi connectivity index (χ1n) is 5.42. The number of benzene rings is 2. The molecule has 0 aliphatic carbocycles. The molecule has 0 aliphatic rings. The van der Waals surface area contributed by atoms with E-state index in [0.29, 0.717) is 10.0 Å². The molecule has 0 N–H and O–H groups in total. The van der Waals surface area contributed by atoms with Crippen LogP contribution in [0.25, 0.3) is 12.2 Å². The second-order valence-corrected chi connectivity index (χ2v) is 4.33. The first-order chi connectivity index (χ1) is 8.67. The van der Waals surface area contributed by atoms with Crippen LogP contribution < -0.4 is 0 Å². The van der Waals surface area contributed by atoms with Crippen LogP contribution in [0.5, 0.6) is 0 Å². The molecule has 0 amide bonds. The molecule has 0 spiro atoms. The van der Waals surface area contributed by atoms with Gasteiger partial charge in [-0.2, -0.15) is 0 Å². The molecule has 0 saturated carbocycles. The van der Waals surface area contributed by atoms with Gasteiger partial charge in [0.2, 0.25) is 0 Å². The molecule has 0 fully saturated rings. The van der Waals surface area contributed by atoms with Gasteiger partial charge in [0.25, 0.3) is 0 Å². The molecule has 2 heteroatoms. The van der Waals surface area contributed by atoms with Crippen LogP contribution in [0.1, 0.15) is 11.1 Å². The molecule has 18 heavy (non-hydrogen) atoms. The van der Waals surface area contributed by atoms with E-state index in [0.717, 1.165) is 5.56 Å². The Balaban J connectivity index is 0.000000184. The molecule has 0 saturated heterocycles. The molecule has 2 rings (SSSR count). The van der Waals surface area contributed by atoms with E-state index < -0.39 is 0 Å². The summed E-state index contributed by atoms with van der Waals surface area (Å²) in [5.41, 5.74) is 2.08. The minimum Gasteiger partial charge on any atom is -0.0985 e. The lowest BCUT2D eigenvalue weighted by Crippen LogP contribution is -1.72. The van der Waals surface area contributed by atoms with Gasteiger partial charge in [-0.1, -0.05) is 84.9 Å². The van der Waals surface area contributed by atoms with Gasteiger partial charge in [0, 0.05) is 10.0 Å². The Morgan fingerprint density at radius 1 is 0.833 bits per heavy atom. The lowest BCUT2D eigenvalue weighted by Gasteiger charge is -1.96. The molecule has 0 bridgehead atoms. The van der Waals surface area contributed by atoms with Crippen molar-refractivity contribution in [3.63, 3.8) is 0 Å². The molecule has 0 heterocycles. The normalized spacial score (nSPS) is 9.00. The average Bonchev–Trinajstić information content (AvgIpc) is 2.40. The summed E-state index contributed by atoms with van der Waals surface area (Å²) >= 11 is 11.4. The van der Waals surface area contributed by atoms with Crippen molar-refractivity contribution in [3.05, 3.63) is 82.9 Å². The van der Waals surface area contributed by atoms with Gasteiger partial charge in [-0.25, -0.2) is 0 Å². The molecule has 0 aliphatic heterocycles. The summed E-state index contributed by atoms with van der Waals surface area (Å²) in [6, 6.07) is 15.3. The lowest BCUT2D eigenvalue weighted by atomic mass is 10.2. The van der Waals surface area contributed by atoms with Crippen molar-refractivity contribution in [2.75, 3.05) is 0 Å². The van der Waals surface area contributed by atoms with E-state index in [2.05, 4.69) is 13.2 Å². The first-order valence-corrected chi connectivity index (χ1v) is 6.18. The minimum atomic E-state index is 0.641.